The lowest BCUT2D eigenvalue weighted by atomic mass is 9.93. The molecule has 1 N–H and O–H groups in total. The summed E-state index contributed by atoms with van der Waals surface area (Å²) < 4.78 is 5.33. The molecule has 1 aromatic rings. The van der Waals surface area contributed by atoms with Crippen LogP contribution in [0.2, 0.25) is 0 Å². The molecule has 110 valence electrons. The van der Waals surface area contributed by atoms with Gasteiger partial charge in [-0.15, -0.1) is 0 Å². The first-order valence-corrected chi connectivity index (χ1v) is 6.80. The number of hydrogen-bond acceptors (Lipinski definition) is 4. The molecule has 0 aliphatic heterocycles. The fraction of sp³-hybridized carbons (Fsp3) is 0.562. The van der Waals surface area contributed by atoms with E-state index in [1.165, 1.54) is 0 Å². The van der Waals surface area contributed by atoms with Crippen LogP contribution in [0.5, 0.6) is 5.75 Å². The summed E-state index contributed by atoms with van der Waals surface area (Å²) in [6, 6.07) is 7.67. The van der Waals surface area contributed by atoms with Crippen molar-refractivity contribution in [3.8, 4) is 11.8 Å². The van der Waals surface area contributed by atoms with Gasteiger partial charge in [0, 0.05) is 25.2 Å². The molecule has 4 heteroatoms. The first-order chi connectivity index (χ1) is 9.38. The van der Waals surface area contributed by atoms with Crippen LogP contribution < -0.4 is 10.1 Å². The molecule has 0 amide bonds. The lowest BCUT2D eigenvalue weighted by molar-refractivity contribution is 0.232. The highest BCUT2D eigenvalue weighted by Crippen LogP contribution is 2.20. The van der Waals surface area contributed by atoms with Crippen LogP contribution in [0.3, 0.4) is 0 Å². The summed E-state index contributed by atoms with van der Waals surface area (Å²) in [5, 5.41) is 12.4. The Labute approximate surface area is 122 Å². The van der Waals surface area contributed by atoms with Gasteiger partial charge in [-0.2, -0.15) is 5.26 Å². The third-order valence-corrected chi connectivity index (χ3v) is 3.07. The molecular weight excluding hydrogens is 250 g/mol. The van der Waals surface area contributed by atoms with Crippen LogP contribution in [0.15, 0.2) is 18.2 Å². The highest BCUT2D eigenvalue weighted by atomic mass is 16.5. The first kappa shape index (κ1) is 16.5. The fourth-order valence-corrected chi connectivity index (χ4v) is 2.43. The second-order valence-electron chi connectivity index (χ2n) is 6.14. The van der Waals surface area contributed by atoms with Gasteiger partial charge >= 0.3 is 0 Å². The lowest BCUT2D eigenvalue weighted by Crippen LogP contribution is -2.37. The summed E-state index contributed by atoms with van der Waals surface area (Å²) >= 11 is 0. The number of nitrogens with zero attached hydrogens (tertiary/aromatic N) is 2. The van der Waals surface area contributed by atoms with E-state index in [0.29, 0.717) is 12.1 Å². The van der Waals surface area contributed by atoms with Gasteiger partial charge in [-0.05, 0) is 37.7 Å². The Balaban J connectivity index is 2.63. The largest absolute Gasteiger partial charge is 0.496 e. The Morgan fingerprint density at radius 2 is 2.05 bits per heavy atom. The van der Waals surface area contributed by atoms with Gasteiger partial charge in [-0.25, -0.2) is 0 Å². The first-order valence-electron chi connectivity index (χ1n) is 6.80. The monoisotopic (exact) mass is 275 g/mol. The van der Waals surface area contributed by atoms with E-state index in [0.717, 1.165) is 24.4 Å². The van der Waals surface area contributed by atoms with Crippen molar-refractivity contribution in [3.63, 3.8) is 0 Å². The van der Waals surface area contributed by atoms with Crippen molar-refractivity contribution in [1.82, 2.24) is 10.2 Å². The maximum Gasteiger partial charge on any atom is 0.123 e. The molecule has 0 heterocycles. The number of nitriles is 1. The van der Waals surface area contributed by atoms with E-state index in [2.05, 4.69) is 44.2 Å². The minimum Gasteiger partial charge on any atom is -0.496 e. The maximum atomic E-state index is 8.96. The van der Waals surface area contributed by atoms with Crippen LogP contribution in [-0.4, -0.2) is 39.2 Å². The van der Waals surface area contributed by atoms with Gasteiger partial charge < -0.3 is 15.0 Å². The number of nitrogens with one attached hydrogen (secondary N) is 1. The summed E-state index contributed by atoms with van der Waals surface area (Å²) in [4.78, 5) is 2.19. The molecule has 0 radical (unpaired) electrons. The predicted octanol–water partition coefficient (Wildman–Crippen LogP) is 2.24. The number of benzene rings is 1. The number of hydrogen-bond donors (Lipinski definition) is 1. The van der Waals surface area contributed by atoms with Gasteiger partial charge in [-0.3, -0.25) is 0 Å². The molecule has 20 heavy (non-hydrogen) atoms. The molecule has 1 rings (SSSR count). The van der Waals surface area contributed by atoms with E-state index in [-0.39, 0.29) is 5.41 Å². The molecule has 0 bridgehead atoms. The molecule has 0 fully saturated rings. The minimum absolute atomic E-state index is 0.198. The average Bonchev–Trinajstić information content (AvgIpc) is 2.36. The number of rotatable bonds is 7. The minimum atomic E-state index is 0.198. The smallest absolute Gasteiger partial charge is 0.123 e. The van der Waals surface area contributed by atoms with Gasteiger partial charge in [0.1, 0.15) is 5.75 Å². The molecule has 0 saturated heterocycles. The van der Waals surface area contributed by atoms with Crippen LogP contribution in [-0.2, 0) is 6.54 Å². The molecular formula is C16H25N3O. The lowest BCUT2D eigenvalue weighted by Gasteiger charge is -2.28. The third kappa shape index (κ3) is 5.20. The normalized spacial score (nSPS) is 11.4. The Kier molecular flexibility index (Phi) is 6.00. The van der Waals surface area contributed by atoms with Gasteiger partial charge in [0.15, 0.2) is 0 Å². The van der Waals surface area contributed by atoms with Crippen molar-refractivity contribution in [2.24, 2.45) is 5.41 Å². The van der Waals surface area contributed by atoms with E-state index in [4.69, 9.17) is 10.00 Å². The zero-order valence-electron chi connectivity index (χ0n) is 13.2. The summed E-state index contributed by atoms with van der Waals surface area (Å²) in [7, 11) is 5.82. The zero-order chi connectivity index (χ0) is 15.2. The maximum absolute atomic E-state index is 8.96. The quantitative estimate of drug-likeness (QED) is 0.829. The predicted molar refractivity (Wildman–Crippen MR) is 81.8 cm³/mol. The molecule has 0 aliphatic carbocycles. The van der Waals surface area contributed by atoms with Crippen molar-refractivity contribution in [1.29, 1.82) is 5.26 Å². The Bertz CT molecular complexity index is 475. The van der Waals surface area contributed by atoms with Crippen molar-refractivity contribution in [2.75, 3.05) is 34.3 Å². The van der Waals surface area contributed by atoms with E-state index < -0.39 is 0 Å². The van der Waals surface area contributed by atoms with Crippen molar-refractivity contribution >= 4 is 0 Å². The Hall–Kier alpha value is -1.57. The van der Waals surface area contributed by atoms with E-state index >= 15 is 0 Å². The molecule has 4 nitrogen and oxygen atoms in total. The second kappa shape index (κ2) is 7.28. The highest BCUT2D eigenvalue weighted by molar-refractivity contribution is 5.41. The highest BCUT2D eigenvalue weighted by Gasteiger charge is 2.18. The van der Waals surface area contributed by atoms with E-state index in [1.807, 2.05) is 12.1 Å². The molecule has 0 saturated carbocycles. The van der Waals surface area contributed by atoms with Crippen LogP contribution in [0.1, 0.15) is 25.0 Å². The Morgan fingerprint density at radius 1 is 1.35 bits per heavy atom. The molecule has 0 unspecified atom stereocenters. The molecule has 0 spiro atoms. The van der Waals surface area contributed by atoms with Crippen LogP contribution >= 0.6 is 0 Å². The van der Waals surface area contributed by atoms with Gasteiger partial charge in [0.05, 0.1) is 18.7 Å². The summed E-state index contributed by atoms with van der Waals surface area (Å²) in [5.74, 6) is 0.821. The zero-order valence-corrected chi connectivity index (χ0v) is 13.2. The molecule has 0 aromatic heterocycles. The molecule has 0 atom stereocenters. The van der Waals surface area contributed by atoms with Crippen molar-refractivity contribution in [3.05, 3.63) is 29.3 Å². The SMILES string of the molecule is COc1ccc(C#N)cc1CNCC(C)(C)CN(C)C. The molecule has 1 aromatic carbocycles. The Morgan fingerprint density at radius 3 is 2.60 bits per heavy atom. The number of methoxy groups -OCH3 is 1. The van der Waals surface area contributed by atoms with E-state index in [9.17, 15) is 0 Å². The third-order valence-electron chi connectivity index (χ3n) is 3.07. The van der Waals surface area contributed by atoms with Crippen molar-refractivity contribution in [2.45, 2.75) is 20.4 Å². The number of ether oxygens (including phenoxy) is 1. The van der Waals surface area contributed by atoms with Crippen molar-refractivity contribution < 1.29 is 4.74 Å². The molecule has 0 aliphatic rings. The van der Waals surface area contributed by atoms with Crippen LogP contribution in [0, 0.1) is 16.7 Å². The van der Waals surface area contributed by atoms with Gasteiger partial charge in [0.25, 0.3) is 0 Å². The summed E-state index contributed by atoms with van der Waals surface area (Å²) in [6.45, 7) is 7.11. The average molecular weight is 275 g/mol. The fourth-order valence-electron chi connectivity index (χ4n) is 2.43. The van der Waals surface area contributed by atoms with Crippen LogP contribution in [0.25, 0.3) is 0 Å². The van der Waals surface area contributed by atoms with Gasteiger partial charge in [-0.1, -0.05) is 13.8 Å². The second-order valence-corrected chi connectivity index (χ2v) is 6.14. The van der Waals surface area contributed by atoms with Gasteiger partial charge in [0.2, 0.25) is 0 Å². The topological polar surface area (TPSA) is 48.3 Å². The summed E-state index contributed by atoms with van der Waals surface area (Å²) in [5.41, 5.74) is 1.88. The standard InChI is InChI=1S/C16H25N3O/c1-16(2,12-19(3)4)11-18-10-14-8-13(9-17)6-7-15(14)20-5/h6-8,18H,10-12H2,1-5H3. The van der Waals surface area contributed by atoms with Crippen LogP contribution in [0.4, 0.5) is 0 Å². The van der Waals surface area contributed by atoms with E-state index in [1.54, 1.807) is 13.2 Å². The summed E-state index contributed by atoms with van der Waals surface area (Å²) in [6.07, 6.45) is 0.